The highest BCUT2D eigenvalue weighted by atomic mass is 19.4. The minimum Gasteiger partial charge on any atom is -0.465 e. The van der Waals surface area contributed by atoms with Crippen LogP contribution in [0.4, 0.5) is 18.0 Å². The topological polar surface area (TPSA) is 78.4 Å². The average Bonchev–Trinajstić information content (AvgIpc) is 2.08. The molecule has 5 nitrogen and oxygen atoms in total. The summed E-state index contributed by atoms with van der Waals surface area (Å²) in [5, 5.41) is 11.9. The van der Waals surface area contributed by atoms with E-state index in [0.29, 0.717) is 0 Å². The van der Waals surface area contributed by atoms with Gasteiger partial charge in [-0.15, -0.1) is 0 Å². The van der Waals surface area contributed by atoms with Crippen molar-refractivity contribution in [3.63, 3.8) is 0 Å². The summed E-state index contributed by atoms with van der Waals surface area (Å²) in [7, 11) is 0. The van der Waals surface area contributed by atoms with Gasteiger partial charge in [0.1, 0.15) is 12.6 Å². The normalized spacial score (nSPS) is 13.4. The fourth-order valence-corrected chi connectivity index (χ4v) is 0.965. The number of rotatable bonds is 4. The Kier molecular flexibility index (Phi) is 5.06. The van der Waals surface area contributed by atoms with Crippen molar-refractivity contribution in [3.05, 3.63) is 0 Å². The van der Waals surface area contributed by atoms with E-state index < -0.39 is 36.7 Å². The van der Waals surface area contributed by atoms with Gasteiger partial charge in [-0.05, 0) is 5.92 Å². The quantitative estimate of drug-likeness (QED) is 0.687. The second kappa shape index (κ2) is 5.57. The molecule has 0 aliphatic carbocycles. The van der Waals surface area contributed by atoms with Crippen molar-refractivity contribution in [2.75, 3.05) is 6.54 Å². The maximum Gasteiger partial charge on any atom is 0.405 e. The third kappa shape index (κ3) is 6.10. The molecule has 0 aliphatic heterocycles. The number of carbonyl (C=O) groups is 2. The largest absolute Gasteiger partial charge is 0.465 e. The lowest BCUT2D eigenvalue weighted by Gasteiger charge is -2.20. The zero-order chi connectivity index (χ0) is 12.9. The molecule has 0 aromatic heterocycles. The molecular weight excluding hydrogens is 229 g/mol. The molecular formula is C8H13F3N2O3. The summed E-state index contributed by atoms with van der Waals surface area (Å²) in [6.07, 6.45) is -5.97. The van der Waals surface area contributed by atoms with Gasteiger partial charge in [-0.3, -0.25) is 4.79 Å². The first-order valence-electron chi connectivity index (χ1n) is 4.47. The van der Waals surface area contributed by atoms with E-state index in [1.807, 2.05) is 5.32 Å². The molecule has 2 amide bonds. The zero-order valence-electron chi connectivity index (χ0n) is 8.76. The number of alkyl halides is 3. The van der Waals surface area contributed by atoms with Crippen LogP contribution >= 0.6 is 0 Å². The van der Waals surface area contributed by atoms with Crippen molar-refractivity contribution in [3.8, 4) is 0 Å². The first kappa shape index (κ1) is 14.5. The van der Waals surface area contributed by atoms with Gasteiger partial charge in [0.25, 0.3) is 0 Å². The van der Waals surface area contributed by atoms with Gasteiger partial charge in [0.15, 0.2) is 0 Å². The number of hydrogen-bond acceptors (Lipinski definition) is 2. The van der Waals surface area contributed by atoms with E-state index in [1.54, 1.807) is 5.32 Å². The predicted octanol–water partition coefficient (Wildman–Crippen LogP) is 0.957. The van der Waals surface area contributed by atoms with Crippen LogP contribution in [0.15, 0.2) is 0 Å². The third-order valence-corrected chi connectivity index (χ3v) is 1.69. The van der Waals surface area contributed by atoms with Crippen LogP contribution in [0.1, 0.15) is 13.8 Å². The van der Waals surface area contributed by atoms with E-state index in [4.69, 9.17) is 5.11 Å². The van der Waals surface area contributed by atoms with Crippen molar-refractivity contribution >= 4 is 12.0 Å². The first-order valence-corrected chi connectivity index (χ1v) is 4.47. The average molecular weight is 242 g/mol. The Labute approximate surface area is 90.0 Å². The van der Waals surface area contributed by atoms with Gasteiger partial charge in [-0.25, -0.2) is 4.79 Å². The molecule has 1 atom stereocenters. The third-order valence-electron chi connectivity index (χ3n) is 1.69. The zero-order valence-corrected chi connectivity index (χ0v) is 8.76. The molecule has 3 N–H and O–H groups in total. The van der Waals surface area contributed by atoms with Gasteiger partial charge in [0, 0.05) is 0 Å². The summed E-state index contributed by atoms with van der Waals surface area (Å²) in [5.41, 5.74) is 0. The lowest BCUT2D eigenvalue weighted by Crippen LogP contribution is -2.51. The van der Waals surface area contributed by atoms with Crippen molar-refractivity contribution in [2.24, 2.45) is 5.92 Å². The minimum atomic E-state index is -4.51. The van der Waals surface area contributed by atoms with Gasteiger partial charge in [-0.2, -0.15) is 13.2 Å². The van der Waals surface area contributed by atoms with Crippen LogP contribution in [-0.2, 0) is 4.79 Å². The molecule has 0 aromatic rings. The van der Waals surface area contributed by atoms with Gasteiger partial charge in [-0.1, -0.05) is 13.8 Å². The van der Waals surface area contributed by atoms with Crippen molar-refractivity contribution < 1.29 is 27.9 Å². The fourth-order valence-electron chi connectivity index (χ4n) is 0.965. The van der Waals surface area contributed by atoms with Crippen molar-refractivity contribution in [2.45, 2.75) is 26.1 Å². The lowest BCUT2D eigenvalue weighted by atomic mass is 10.0. The van der Waals surface area contributed by atoms with E-state index >= 15 is 0 Å². The van der Waals surface area contributed by atoms with Gasteiger partial charge >= 0.3 is 12.3 Å². The van der Waals surface area contributed by atoms with Gasteiger partial charge < -0.3 is 15.7 Å². The molecule has 0 spiro atoms. The maximum absolute atomic E-state index is 11.8. The second-order valence-electron chi connectivity index (χ2n) is 3.50. The molecule has 0 saturated heterocycles. The molecule has 16 heavy (non-hydrogen) atoms. The van der Waals surface area contributed by atoms with Crippen LogP contribution < -0.4 is 10.6 Å². The van der Waals surface area contributed by atoms with E-state index in [-0.39, 0.29) is 0 Å². The Balaban J connectivity index is 4.34. The van der Waals surface area contributed by atoms with Crippen molar-refractivity contribution in [1.29, 1.82) is 0 Å². The number of carboxylic acid groups (broad SMARTS) is 1. The molecule has 8 heteroatoms. The highest BCUT2D eigenvalue weighted by Gasteiger charge is 2.31. The fraction of sp³-hybridized carbons (Fsp3) is 0.750. The Morgan fingerprint density at radius 2 is 1.81 bits per heavy atom. The molecule has 0 fully saturated rings. The second-order valence-corrected chi connectivity index (χ2v) is 3.50. The summed E-state index contributed by atoms with van der Waals surface area (Å²) >= 11 is 0. The van der Waals surface area contributed by atoms with E-state index in [1.165, 1.54) is 13.8 Å². The molecule has 0 heterocycles. The van der Waals surface area contributed by atoms with E-state index in [9.17, 15) is 22.8 Å². The Bertz CT molecular complexity index is 266. The summed E-state index contributed by atoms with van der Waals surface area (Å²) in [6.45, 7) is 1.57. The van der Waals surface area contributed by atoms with Crippen LogP contribution in [0.3, 0.4) is 0 Å². The maximum atomic E-state index is 11.8. The number of carbonyl (C=O) groups excluding carboxylic acids is 1. The standard InChI is InChI=1S/C8H13F3N2O3/c1-4(2)5(13-7(15)16)6(14)12-3-8(9,10)11/h4-5,13H,3H2,1-2H3,(H,12,14)(H,15,16). The number of hydrogen-bond donors (Lipinski definition) is 3. The van der Waals surface area contributed by atoms with E-state index in [2.05, 4.69) is 0 Å². The number of amides is 2. The SMILES string of the molecule is CC(C)C(NC(=O)O)C(=O)NCC(F)(F)F. The molecule has 0 rings (SSSR count). The van der Waals surface area contributed by atoms with Crippen LogP contribution in [-0.4, -0.2) is 35.9 Å². The molecule has 1 unspecified atom stereocenters. The summed E-state index contributed by atoms with van der Waals surface area (Å²) in [4.78, 5) is 21.5. The Morgan fingerprint density at radius 3 is 2.12 bits per heavy atom. The van der Waals surface area contributed by atoms with Crippen LogP contribution in [0, 0.1) is 5.92 Å². The molecule has 94 valence electrons. The van der Waals surface area contributed by atoms with Crippen LogP contribution in [0.25, 0.3) is 0 Å². The lowest BCUT2D eigenvalue weighted by molar-refractivity contribution is -0.140. The van der Waals surface area contributed by atoms with Crippen molar-refractivity contribution in [1.82, 2.24) is 10.6 Å². The van der Waals surface area contributed by atoms with Gasteiger partial charge in [0.2, 0.25) is 5.91 Å². The highest BCUT2D eigenvalue weighted by molar-refractivity contribution is 5.85. The number of nitrogens with one attached hydrogen (secondary N) is 2. The molecule has 0 aromatic carbocycles. The van der Waals surface area contributed by atoms with E-state index in [0.717, 1.165) is 0 Å². The van der Waals surface area contributed by atoms with Crippen LogP contribution in [0.5, 0.6) is 0 Å². The number of halogens is 3. The predicted molar refractivity (Wildman–Crippen MR) is 48.9 cm³/mol. The minimum absolute atomic E-state index is 0.440. The molecule has 0 bridgehead atoms. The summed E-state index contributed by atoms with van der Waals surface area (Å²) < 4.78 is 35.4. The summed E-state index contributed by atoms with van der Waals surface area (Å²) in [6, 6.07) is -1.19. The Hall–Kier alpha value is -1.47. The smallest absolute Gasteiger partial charge is 0.405 e. The molecule has 0 aliphatic rings. The first-order chi connectivity index (χ1) is 7.13. The van der Waals surface area contributed by atoms with Gasteiger partial charge in [0.05, 0.1) is 0 Å². The molecule has 0 saturated carbocycles. The molecule has 0 radical (unpaired) electrons. The highest BCUT2D eigenvalue weighted by Crippen LogP contribution is 2.12. The van der Waals surface area contributed by atoms with Crippen LogP contribution in [0.2, 0.25) is 0 Å². The Morgan fingerprint density at radius 1 is 1.31 bits per heavy atom. The summed E-state index contributed by atoms with van der Waals surface area (Å²) in [5.74, 6) is -1.43. The monoisotopic (exact) mass is 242 g/mol.